The van der Waals surface area contributed by atoms with Crippen molar-refractivity contribution in [3.05, 3.63) is 35.7 Å². The Morgan fingerprint density at radius 3 is 2.57 bits per heavy atom. The number of hydrogen-bond donors (Lipinski definition) is 2. The fraction of sp³-hybridized carbons (Fsp3) is 0.333. The van der Waals surface area contributed by atoms with E-state index in [4.69, 9.17) is 14.3 Å². The monoisotopic (exact) mass is 290 g/mol. The van der Waals surface area contributed by atoms with Crippen LogP contribution in [0.3, 0.4) is 0 Å². The molecule has 0 saturated heterocycles. The number of nitrogens with zero attached hydrogens (tertiary/aromatic N) is 1. The summed E-state index contributed by atoms with van der Waals surface area (Å²) in [5.41, 5.74) is 1.08. The van der Waals surface area contributed by atoms with Crippen LogP contribution in [0.2, 0.25) is 0 Å². The number of rotatable bonds is 6. The Morgan fingerprint density at radius 2 is 2.05 bits per heavy atom. The van der Waals surface area contributed by atoms with Crippen molar-refractivity contribution >= 4 is 17.7 Å². The molecule has 1 aromatic carbocycles. The van der Waals surface area contributed by atoms with E-state index in [0.29, 0.717) is 18.2 Å². The van der Waals surface area contributed by atoms with E-state index in [0.717, 1.165) is 11.4 Å². The molecule has 1 heterocycles. The van der Waals surface area contributed by atoms with Gasteiger partial charge in [0.1, 0.15) is 5.75 Å². The largest absolute Gasteiger partial charge is 0.493 e. The van der Waals surface area contributed by atoms with Gasteiger partial charge in [-0.1, -0.05) is 13.8 Å². The second-order valence-electron chi connectivity index (χ2n) is 5.09. The van der Waals surface area contributed by atoms with Crippen LogP contribution in [0.5, 0.6) is 5.75 Å². The van der Waals surface area contributed by atoms with Gasteiger partial charge in [0.25, 0.3) is 6.01 Å². The highest BCUT2D eigenvalue weighted by Crippen LogP contribution is 2.22. The molecule has 6 heteroatoms. The van der Waals surface area contributed by atoms with Crippen LogP contribution < -0.4 is 10.1 Å². The fourth-order valence-corrected chi connectivity index (χ4v) is 1.67. The number of hydrogen-bond acceptors (Lipinski definition) is 5. The second-order valence-corrected chi connectivity index (χ2v) is 5.09. The van der Waals surface area contributed by atoms with Crippen LogP contribution in [0.25, 0.3) is 0 Å². The molecule has 2 N–H and O–H groups in total. The van der Waals surface area contributed by atoms with Gasteiger partial charge in [0.2, 0.25) is 5.76 Å². The van der Waals surface area contributed by atoms with Crippen molar-refractivity contribution in [1.82, 2.24) is 4.98 Å². The Hall–Kier alpha value is -2.50. The first-order valence-corrected chi connectivity index (χ1v) is 6.66. The van der Waals surface area contributed by atoms with Crippen LogP contribution in [0, 0.1) is 12.8 Å². The van der Waals surface area contributed by atoms with E-state index in [-0.39, 0.29) is 11.8 Å². The molecule has 1 aromatic heterocycles. The summed E-state index contributed by atoms with van der Waals surface area (Å²) in [4.78, 5) is 14.9. The summed E-state index contributed by atoms with van der Waals surface area (Å²) < 4.78 is 10.7. The highest BCUT2D eigenvalue weighted by atomic mass is 16.5. The van der Waals surface area contributed by atoms with Crippen molar-refractivity contribution in [1.29, 1.82) is 0 Å². The van der Waals surface area contributed by atoms with E-state index in [1.54, 1.807) is 6.92 Å². The van der Waals surface area contributed by atoms with Gasteiger partial charge in [-0.15, -0.1) is 0 Å². The van der Waals surface area contributed by atoms with Crippen LogP contribution in [0.4, 0.5) is 11.7 Å². The summed E-state index contributed by atoms with van der Waals surface area (Å²) in [6, 6.07) is 7.45. The Bertz CT molecular complexity index is 617. The fourth-order valence-electron chi connectivity index (χ4n) is 1.67. The molecule has 0 amide bonds. The number of aromatic carboxylic acids is 1. The van der Waals surface area contributed by atoms with Gasteiger partial charge >= 0.3 is 5.97 Å². The first-order chi connectivity index (χ1) is 9.95. The van der Waals surface area contributed by atoms with Crippen LogP contribution in [-0.2, 0) is 0 Å². The quantitative estimate of drug-likeness (QED) is 0.847. The number of aryl methyl sites for hydroxylation is 1. The van der Waals surface area contributed by atoms with Gasteiger partial charge in [-0.25, -0.2) is 4.79 Å². The highest BCUT2D eigenvalue weighted by Gasteiger charge is 2.16. The zero-order chi connectivity index (χ0) is 15.4. The minimum absolute atomic E-state index is 0.153. The van der Waals surface area contributed by atoms with Gasteiger partial charge in [-0.2, -0.15) is 4.98 Å². The van der Waals surface area contributed by atoms with Crippen molar-refractivity contribution < 1.29 is 19.1 Å². The molecular weight excluding hydrogens is 272 g/mol. The molecule has 0 aliphatic carbocycles. The predicted octanol–water partition coefficient (Wildman–Crippen LogP) is 3.46. The molecule has 6 nitrogen and oxygen atoms in total. The minimum atomic E-state index is -1.13. The third-order valence-corrected chi connectivity index (χ3v) is 2.68. The molecule has 0 bridgehead atoms. The molecule has 0 saturated carbocycles. The maximum Gasteiger partial charge on any atom is 0.373 e. The predicted molar refractivity (Wildman–Crippen MR) is 78.3 cm³/mol. The number of carboxylic acids is 1. The third kappa shape index (κ3) is 3.98. The lowest BCUT2D eigenvalue weighted by molar-refractivity contribution is 0.0662. The number of carboxylic acid groups (broad SMARTS) is 1. The first-order valence-electron chi connectivity index (χ1n) is 6.66. The zero-order valence-corrected chi connectivity index (χ0v) is 12.2. The second kappa shape index (κ2) is 6.30. The van der Waals surface area contributed by atoms with Crippen molar-refractivity contribution in [3.8, 4) is 5.75 Å². The van der Waals surface area contributed by atoms with Crippen LogP contribution in [-0.4, -0.2) is 22.7 Å². The van der Waals surface area contributed by atoms with Crippen LogP contribution in [0.1, 0.15) is 30.1 Å². The summed E-state index contributed by atoms with van der Waals surface area (Å²) in [5.74, 6) is -0.0449. The molecule has 2 rings (SSSR count). The normalized spacial score (nSPS) is 10.7. The zero-order valence-electron chi connectivity index (χ0n) is 12.2. The lowest BCUT2D eigenvalue weighted by atomic mass is 10.2. The third-order valence-electron chi connectivity index (χ3n) is 2.68. The summed E-state index contributed by atoms with van der Waals surface area (Å²) in [5, 5.41) is 11.8. The molecule has 21 heavy (non-hydrogen) atoms. The molecule has 0 spiro atoms. The standard InChI is InChI=1S/C15H18N2O4/c1-9(2)8-20-12-6-4-11(5-7-12)17-15-16-10(3)13(21-15)14(18)19/h4-7,9H,8H2,1-3H3,(H,16,17)(H,18,19). The number of benzene rings is 1. The van der Waals surface area contributed by atoms with Gasteiger partial charge in [-0.05, 0) is 37.1 Å². The molecular formula is C15H18N2O4. The molecule has 112 valence electrons. The van der Waals surface area contributed by atoms with Crippen molar-refractivity contribution in [3.63, 3.8) is 0 Å². The van der Waals surface area contributed by atoms with Gasteiger partial charge in [0.15, 0.2) is 0 Å². The lowest BCUT2D eigenvalue weighted by Crippen LogP contribution is -2.04. The van der Waals surface area contributed by atoms with Crippen molar-refractivity contribution in [2.45, 2.75) is 20.8 Å². The summed E-state index contributed by atoms with van der Waals surface area (Å²) >= 11 is 0. The van der Waals surface area contributed by atoms with Gasteiger partial charge in [0.05, 0.1) is 12.3 Å². The SMILES string of the molecule is Cc1nc(Nc2ccc(OCC(C)C)cc2)oc1C(=O)O. The summed E-state index contributed by atoms with van der Waals surface area (Å²) in [6.07, 6.45) is 0. The lowest BCUT2D eigenvalue weighted by Gasteiger charge is -2.09. The van der Waals surface area contributed by atoms with Crippen molar-refractivity contribution in [2.24, 2.45) is 5.92 Å². The number of nitrogens with one attached hydrogen (secondary N) is 1. The Kier molecular flexibility index (Phi) is 4.47. The van der Waals surface area contributed by atoms with Gasteiger partial charge in [-0.3, -0.25) is 0 Å². The van der Waals surface area contributed by atoms with E-state index >= 15 is 0 Å². The number of anilines is 2. The van der Waals surface area contributed by atoms with E-state index in [1.165, 1.54) is 0 Å². The Labute approximate surface area is 122 Å². The van der Waals surface area contributed by atoms with Crippen LogP contribution >= 0.6 is 0 Å². The molecule has 2 aromatic rings. The molecule has 0 unspecified atom stereocenters. The number of aromatic nitrogens is 1. The molecule has 0 radical (unpaired) electrons. The average Bonchev–Trinajstić information content (AvgIpc) is 2.79. The van der Waals surface area contributed by atoms with E-state index in [9.17, 15) is 4.79 Å². The van der Waals surface area contributed by atoms with Crippen molar-refractivity contribution in [2.75, 3.05) is 11.9 Å². The molecule has 0 aliphatic heterocycles. The number of oxazole rings is 1. The van der Waals surface area contributed by atoms with E-state index in [1.807, 2.05) is 24.3 Å². The molecule has 0 fully saturated rings. The van der Waals surface area contributed by atoms with Gasteiger partial charge < -0.3 is 19.6 Å². The van der Waals surface area contributed by atoms with E-state index < -0.39 is 5.97 Å². The highest BCUT2D eigenvalue weighted by molar-refractivity contribution is 5.85. The molecule has 0 aliphatic rings. The maximum atomic E-state index is 10.9. The number of ether oxygens (including phenoxy) is 1. The number of carbonyl (C=O) groups is 1. The van der Waals surface area contributed by atoms with Gasteiger partial charge in [0, 0.05) is 5.69 Å². The Morgan fingerprint density at radius 1 is 1.38 bits per heavy atom. The first kappa shape index (κ1) is 14.9. The minimum Gasteiger partial charge on any atom is -0.493 e. The average molecular weight is 290 g/mol. The van der Waals surface area contributed by atoms with Crippen LogP contribution in [0.15, 0.2) is 28.7 Å². The summed E-state index contributed by atoms with van der Waals surface area (Å²) in [6.45, 7) is 6.41. The topological polar surface area (TPSA) is 84.6 Å². The van der Waals surface area contributed by atoms with E-state index in [2.05, 4.69) is 24.1 Å². The maximum absolute atomic E-state index is 10.9. The summed E-state index contributed by atoms with van der Waals surface area (Å²) in [7, 11) is 0. The molecule has 0 atom stereocenters. The Balaban J connectivity index is 2.03. The smallest absolute Gasteiger partial charge is 0.373 e.